The van der Waals surface area contributed by atoms with Gasteiger partial charge in [-0.2, -0.15) is 5.10 Å². The molecule has 0 spiro atoms. The lowest BCUT2D eigenvalue weighted by Gasteiger charge is -1.87. The van der Waals surface area contributed by atoms with Gasteiger partial charge in [0.1, 0.15) is 0 Å². The molecule has 1 rings (SSSR count). The molecule has 0 aliphatic carbocycles. The van der Waals surface area contributed by atoms with Crippen LogP contribution in [0, 0.1) is 0 Å². The van der Waals surface area contributed by atoms with Crippen LogP contribution in [0.3, 0.4) is 0 Å². The second-order valence-electron chi connectivity index (χ2n) is 1.90. The van der Waals surface area contributed by atoms with Crippen molar-refractivity contribution in [2.75, 3.05) is 0 Å². The SMILES string of the molecule is NC(=O)N/N=C\c1cc(Br)cs1. The number of thiophene rings is 1. The molecule has 3 N–H and O–H groups in total. The van der Waals surface area contributed by atoms with Gasteiger partial charge < -0.3 is 5.73 Å². The van der Waals surface area contributed by atoms with Crippen LogP contribution in [0.15, 0.2) is 21.0 Å². The molecule has 0 aliphatic heterocycles. The van der Waals surface area contributed by atoms with Crippen molar-refractivity contribution in [2.45, 2.75) is 0 Å². The standard InChI is InChI=1S/C6H6BrN3OS/c7-4-1-5(12-3-4)2-9-10-6(8)11/h1-3H,(H3,8,10,11)/b9-2-. The monoisotopic (exact) mass is 247 g/mol. The number of hydrazone groups is 1. The Morgan fingerprint density at radius 3 is 3.08 bits per heavy atom. The number of rotatable bonds is 2. The van der Waals surface area contributed by atoms with E-state index in [0.717, 1.165) is 9.35 Å². The number of hydrogen-bond donors (Lipinski definition) is 2. The van der Waals surface area contributed by atoms with Crippen molar-refractivity contribution < 1.29 is 4.79 Å². The van der Waals surface area contributed by atoms with Crippen molar-refractivity contribution in [3.05, 3.63) is 20.8 Å². The fourth-order valence-electron chi connectivity index (χ4n) is 0.555. The van der Waals surface area contributed by atoms with Crippen LogP contribution >= 0.6 is 27.3 Å². The topological polar surface area (TPSA) is 67.5 Å². The van der Waals surface area contributed by atoms with E-state index in [9.17, 15) is 4.79 Å². The molecule has 6 heteroatoms. The normalized spacial score (nSPS) is 10.4. The highest BCUT2D eigenvalue weighted by atomic mass is 79.9. The maximum absolute atomic E-state index is 10.2. The van der Waals surface area contributed by atoms with Crippen molar-refractivity contribution in [1.82, 2.24) is 5.43 Å². The van der Waals surface area contributed by atoms with E-state index in [-0.39, 0.29) is 0 Å². The minimum absolute atomic E-state index is 0.665. The molecule has 0 saturated carbocycles. The molecule has 0 atom stereocenters. The van der Waals surface area contributed by atoms with E-state index >= 15 is 0 Å². The lowest BCUT2D eigenvalue weighted by atomic mass is 10.5. The molecule has 0 aromatic carbocycles. The first-order valence-electron chi connectivity index (χ1n) is 3.01. The van der Waals surface area contributed by atoms with E-state index in [0.29, 0.717) is 0 Å². The van der Waals surface area contributed by atoms with Gasteiger partial charge in [0.2, 0.25) is 0 Å². The first-order valence-corrected chi connectivity index (χ1v) is 4.68. The maximum atomic E-state index is 10.2. The molecule has 0 aliphatic rings. The summed E-state index contributed by atoms with van der Waals surface area (Å²) in [6.07, 6.45) is 1.53. The highest BCUT2D eigenvalue weighted by Gasteiger charge is 1.92. The van der Waals surface area contributed by atoms with E-state index in [1.807, 2.05) is 11.4 Å². The molecule has 0 unspecified atom stereocenters. The molecule has 1 aromatic rings. The van der Waals surface area contributed by atoms with Gasteiger partial charge in [0, 0.05) is 14.7 Å². The van der Waals surface area contributed by atoms with Gasteiger partial charge in [0.25, 0.3) is 0 Å². The summed E-state index contributed by atoms with van der Waals surface area (Å²) in [6.45, 7) is 0. The molecular weight excluding hydrogens is 242 g/mol. The lowest BCUT2D eigenvalue weighted by Crippen LogP contribution is -2.24. The highest BCUT2D eigenvalue weighted by Crippen LogP contribution is 2.17. The van der Waals surface area contributed by atoms with Crippen LogP contribution in [-0.2, 0) is 0 Å². The molecule has 0 fully saturated rings. The number of primary amides is 1. The Labute approximate surface area is 81.6 Å². The number of halogens is 1. The maximum Gasteiger partial charge on any atom is 0.332 e. The Morgan fingerprint density at radius 2 is 2.58 bits per heavy atom. The Bertz CT molecular complexity index is 309. The molecule has 0 radical (unpaired) electrons. The molecule has 1 aromatic heterocycles. The van der Waals surface area contributed by atoms with Crippen molar-refractivity contribution in [2.24, 2.45) is 10.8 Å². The third-order valence-electron chi connectivity index (χ3n) is 0.954. The number of amides is 2. The van der Waals surface area contributed by atoms with Crippen LogP contribution in [0.1, 0.15) is 4.88 Å². The number of nitrogens with one attached hydrogen (secondary N) is 1. The zero-order valence-corrected chi connectivity index (χ0v) is 8.35. The third kappa shape index (κ3) is 3.02. The summed E-state index contributed by atoms with van der Waals surface area (Å²) in [5.41, 5.74) is 6.90. The quantitative estimate of drug-likeness (QED) is 0.604. The van der Waals surface area contributed by atoms with Gasteiger partial charge in [-0.15, -0.1) is 11.3 Å². The van der Waals surface area contributed by atoms with Crippen molar-refractivity contribution in [3.63, 3.8) is 0 Å². The minimum atomic E-state index is -0.665. The van der Waals surface area contributed by atoms with Crippen molar-refractivity contribution >= 4 is 39.5 Å². The van der Waals surface area contributed by atoms with E-state index in [1.165, 1.54) is 17.6 Å². The summed E-state index contributed by atoms with van der Waals surface area (Å²) in [7, 11) is 0. The Morgan fingerprint density at radius 1 is 1.83 bits per heavy atom. The van der Waals surface area contributed by atoms with Crippen LogP contribution in [-0.4, -0.2) is 12.2 Å². The first kappa shape index (κ1) is 9.21. The Kier molecular flexibility index (Phi) is 3.24. The Balaban J connectivity index is 2.52. The largest absolute Gasteiger partial charge is 0.350 e. The second kappa shape index (κ2) is 4.22. The van der Waals surface area contributed by atoms with Crippen molar-refractivity contribution in [1.29, 1.82) is 0 Å². The van der Waals surface area contributed by atoms with E-state index in [1.54, 1.807) is 0 Å². The lowest BCUT2D eigenvalue weighted by molar-refractivity contribution is 0.249. The molecule has 0 bridgehead atoms. The summed E-state index contributed by atoms with van der Waals surface area (Å²) >= 11 is 4.80. The fraction of sp³-hybridized carbons (Fsp3) is 0. The van der Waals surface area contributed by atoms with Gasteiger partial charge in [-0.3, -0.25) is 0 Å². The second-order valence-corrected chi connectivity index (χ2v) is 3.76. The average molecular weight is 248 g/mol. The number of nitrogens with zero attached hydrogens (tertiary/aromatic N) is 1. The van der Waals surface area contributed by atoms with E-state index in [2.05, 4.69) is 26.5 Å². The molecule has 4 nitrogen and oxygen atoms in total. The average Bonchev–Trinajstić information content (AvgIpc) is 2.35. The van der Waals surface area contributed by atoms with Crippen LogP contribution in [0.25, 0.3) is 0 Å². The third-order valence-corrected chi connectivity index (χ3v) is 2.58. The minimum Gasteiger partial charge on any atom is -0.350 e. The molecular formula is C6H6BrN3OS. The highest BCUT2D eigenvalue weighted by molar-refractivity contribution is 9.10. The predicted octanol–water partition coefficient (Wildman–Crippen LogP) is 1.51. The van der Waals surface area contributed by atoms with Gasteiger partial charge in [-0.1, -0.05) is 0 Å². The van der Waals surface area contributed by atoms with Gasteiger partial charge in [-0.25, -0.2) is 10.2 Å². The number of urea groups is 1. The fourth-order valence-corrected chi connectivity index (χ4v) is 1.86. The number of hydrogen-bond acceptors (Lipinski definition) is 3. The molecule has 2 amide bonds. The van der Waals surface area contributed by atoms with Gasteiger partial charge in [0.05, 0.1) is 6.21 Å². The van der Waals surface area contributed by atoms with Crippen LogP contribution in [0.4, 0.5) is 4.79 Å². The number of nitrogens with two attached hydrogens (primary N) is 1. The van der Waals surface area contributed by atoms with Gasteiger partial charge in [-0.05, 0) is 22.0 Å². The summed E-state index contributed by atoms with van der Waals surface area (Å²) in [6, 6.07) is 1.22. The number of carbonyl (C=O) groups is 1. The first-order chi connectivity index (χ1) is 5.68. The molecule has 64 valence electrons. The van der Waals surface area contributed by atoms with Crippen LogP contribution in [0.5, 0.6) is 0 Å². The summed E-state index contributed by atoms with van der Waals surface area (Å²) in [5, 5.41) is 5.52. The van der Waals surface area contributed by atoms with Crippen LogP contribution < -0.4 is 11.2 Å². The van der Waals surface area contributed by atoms with Crippen LogP contribution in [0.2, 0.25) is 0 Å². The van der Waals surface area contributed by atoms with Gasteiger partial charge >= 0.3 is 6.03 Å². The molecule has 0 saturated heterocycles. The molecule has 12 heavy (non-hydrogen) atoms. The van der Waals surface area contributed by atoms with Gasteiger partial charge in [0.15, 0.2) is 0 Å². The smallest absolute Gasteiger partial charge is 0.332 e. The van der Waals surface area contributed by atoms with E-state index in [4.69, 9.17) is 5.73 Å². The molecule has 1 heterocycles. The Hall–Kier alpha value is -0.880. The zero-order valence-electron chi connectivity index (χ0n) is 5.95. The predicted molar refractivity (Wildman–Crippen MR) is 52.3 cm³/mol. The number of carbonyl (C=O) groups excluding carboxylic acids is 1. The summed E-state index contributed by atoms with van der Waals surface area (Å²) in [5.74, 6) is 0. The van der Waals surface area contributed by atoms with E-state index < -0.39 is 6.03 Å². The zero-order chi connectivity index (χ0) is 8.97. The summed E-state index contributed by atoms with van der Waals surface area (Å²) in [4.78, 5) is 11.1. The van der Waals surface area contributed by atoms with Crippen molar-refractivity contribution in [3.8, 4) is 0 Å². The summed E-state index contributed by atoms with van der Waals surface area (Å²) < 4.78 is 0.994.